The van der Waals surface area contributed by atoms with Crippen LogP contribution in [0, 0.1) is 12.7 Å². The number of hydrogen-bond donors (Lipinski definition) is 2. The molecule has 6 heteroatoms. The first-order valence-electron chi connectivity index (χ1n) is 10.3. The van der Waals surface area contributed by atoms with Crippen molar-refractivity contribution in [1.29, 1.82) is 0 Å². The summed E-state index contributed by atoms with van der Waals surface area (Å²) in [4.78, 5) is 20.5. The number of rotatable bonds is 4. The number of aromatic amines is 1. The standard InChI is InChI=1S/C24H23FN4O/c1-15-26-11-12-29(15)22-10-9-16(13-20(22)25)14-27-24(30)19-7-4-6-18-17-5-2-3-8-21(17)28-23(18)19/h4,6-7,9-13,28H,2-3,5,8,14H2,1H3,(H,27,30). The van der Waals surface area contributed by atoms with Crippen LogP contribution in [0.15, 0.2) is 48.8 Å². The Hall–Kier alpha value is -3.41. The lowest BCUT2D eigenvalue weighted by Crippen LogP contribution is -2.23. The van der Waals surface area contributed by atoms with Crippen molar-refractivity contribution in [3.63, 3.8) is 0 Å². The Kier molecular flexibility index (Phi) is 4.62. The van der Waals surface area contributed by atoms with Gasteiger partial charge in [-0.05, 0) is 61.9 Å². The zero-order chi connectivity index (χ0) is 20.7. The Bertz CT molecular complexity index is 1250. The summed E-state index contributed by atoms with van der Waals surface area (Å²) in [6.45, 7) is 2.09. The van der Waals surface area contributed by atoms with Crippen LogP contribution in [0.1, 0.15) is 45.8 Å². The molecule has 0 bridgehead atoms. The van der Waals surface area contributed by atoms with Gasteiger partial charge in [-0.15, -0.1) is 0 Å². The number of nitrogens with one attached hydrogen (secondary N) is 2. The highest BCUT2D eigenvalue weighted by Gasteiger charge is 2.19. The number of hydrogen-bond acceptors (Lipinski definition) is 2. The van der Waals surface area contributed by atoms with E-state index in [1.54, 1.807) is 23.0 Å². The van der Waals surface area contributed by atoms with Gasteiger partial charge in [-0.1, -0.05) is 18.2 Å². The van der Waals surface area contributed by atoms with E-state index in [0.717, 1.165) is 29.6 Å². The molecule has 0 unspecified atom stereocenters. The van der Waals surface area contributed by atoms with Crippen molar-refractivity contribution in [2.24, 2.45) is 0 Å². The first-order chi connectivity index (χ1) is 14.6. The van der Waals surface area contributed by atoms with Gasteiger partial charge in [0.2, 0.25) is 0 Å². The van der Waals surface area contributed by atoms with Crippen LogP contribution in [-0.4, -0.2) is 20.4 Å². The molecular formula is C24H23FN4O. The predicted molar refractivity (Wildman–Crippen MR) is 114 cm³/mol. The summed E-state index contributed by atoms with van der Waals surface area (Å²) in [7, 11) is 0. The van der Waals surface area contributed by atoms with E-state index in [0.29, 0.717) is 16.8 Å². The second-order valence-corrected chi connectivity index (χ2v) is 7.83. The number of aromatic nitrogens is 3. The average Bonchev–Trinajstić information content (AvgIpc) is 3.35. The van der Waals surface area contributed by atoms with Crippen LogP contribution in [0.3, 0.4) is 0 Å². The highest BCUT2D eigenvalue weighted by atomic mass is 19.1. The molecule has 2 aromatic heterocycles. The third-order valence-corrected chi connectivity index (χ3v) is 5.93. The monoisotopic (exact) mass is 402 g/mol. The van der Waals surface area contributed by atoms with Crippen molar-refractivity contribution in [3.05, 3.63) is 82.8 Å². The number of imidazole rings is 1. The van der Waals surface area contributed by atoms with Gasteiger partial charge < -0.3 is 14.9 Å². The Balaban J connectivity index is 1.36. The molecule has 5 nitrogen and oxygen atoms in total. The fourth-order valence-electron chi connectivity index (χ4n) is 4.38. The van der Waals surface area contributed by atoms with E-state index in [-0.39, 0.29) is 18.3 Å². The van der Waals surface area contributed by atoms with Crippen LogP contribution in [0.5, 0.6) is 0 Å². The number of aryl methyl sites for hydroxylation is 3. The van der Waals surface area contributed by atoms with Gasteiger partial charge in [-0.25, -0.2) is 9.37 Å². The highest BCUT2D eigenvalue weighted by molar-refractivity contribution is 6.06. The molecule has 0 spiro atoms. The number of carbonyl (C=O) groups excluding carboxylic acids is 1. The van der Waals surface area contributed by atoms with Gasteiger partial charge in [0.05, 0.1) is 16.8 Å². The molecule has 152 valence electrons. The molecule has 5 rings (SSSR count). The molecule has 0 saturated heterocycles. The van der Waals surface area contributed by atoms with Gasteiger partial charge in [-0.2, -0.15) is 0 Å². The number of carbonyl (C=O) groups is 1. The zero-order valence-electron chi connectivity index (χ0n) is 16.8. The van der Waals surface area contributed by atoms with Gasteiger partial charge in [0.15, 0.2) is 0 Å². The molecule has 2 heterocycles. The number of fused-ring (bicyclic) bond motifs is 3. The van der Waals surface area contributed by atoms with Crippen molar-refractivity contribution in [2.75, 3.05) is 0 Å². The van der Waals surface area contributed by atoms with E-state index >= 15 is 0 Å². The topological polar surface area (TPSA) is 62.7 Å². The van der Waals surface area contributed by atoms with E-state index in [4.69, 9.17) is 0 Å². The fourth-order valence-corrected chi connectivity index (χ4v) is 4.38. The van der Waals surface area contributed by atoms with E-state index in [9.17, 15) is 9.18 Å². The Morgan fingerprint density at radius 3 is 2.90 bits per heavy atom. The van der Waals surface area contributed by atoms with Crippen molar-refractivity contribution in [1.82, 2.24) is 19.9 Å². The first kappa shape index (κ1) is 18.6. The molecular weight excluding hydrogens is 379 g/mol. The maximum atomic E-state index is 14.6. The summed E-state index contributed by atoms with van der Waals surface area (Å²) < 4.78 is 16.3. The number of amides is 1. The van der Waals surface area contributed by atoms with Crippen LogP contribution in [0.4, 0.5) is 4.39 Å². The summed E-state index contributed by atoms with van der Waals surface area (Å²) in [5.74, 6) is 0.216. The molecule has 0 radical (unpaired) electrons. The van der Waals surface area contributed by atoms with E-state index in [1.165, 1.54) is 30.2 Å². The van der Waals surface area contributed by atoms with Gasteiger partial charge in [0.25, 0.3) is 5.91 Å². The lowest BCUT2D eigenvalue weighted by atomic mass is 9.95. The van der Waals surface area contributed by atoms with Crippen LogP contribution >= 0.6 is 0 Å². The number of H-pyrrole nitrogens is 1. The quantitative estimate of drug-likeness (QED) is 0.524. The minimum atomic E-state index is -0.345. The third kappa shape index (κ3) is 3.18. The first-order valence-corrected chi connectivity index (χ1v) is 10.3. The van der Waals surface area contributed by atoms with Gasteiger partial charge >= 0.3 is 0 Å². The minimum absolute atomic E-state index is 0.158. The average molecular weight is 402 g/mol. The molecule has 1 aliphatic carbocycles. The molecule has 0 saturated carbocycles. The largest absolute Gasteiger partial charge is 0.358 e. The third-order valence-electron chi connectivity index (χ3n) is 5.93. The molecule has 0 aliphatic heterocycles. The highest BCUT2D eigenvalue weighted by Crippen LogP contribution is 2.30. The molecule has 0 atom stereocenters. The molecule has 30 heavy (non-hydrogen) atoms. The maximum Gasteiger partial charge on any atom is 0.253 e. The van der Waals surface area contributed by atoms with E-state index < -0.39 is 0 Å². The number of halogens is 1. The normalized spacial score (nSPS) is 13.4. The second-order valence-electron chi connectivity index (χ2n) is 7.83. The summed E-state index contributed by atoms with van der Waals surface area (Å²) in [5.41, 5.74) is 5.29. The predicted octanol–water partition coefficient (Wildman–Crippen LogP) is 4.61. The smallest absolute Gasteiger partial charge is 0.253 e. The van der Waals surface area contributed by atoms with Crippen molar-refractivity contribution >= 4 is 16.8 Å². The fraction of sp³-hybridized carbons (Fsp3) is 0.250. The zero-order valence-corrected chi connectivity index (χ0v) is 16.8. The van der Waals surface area contributed by atoms with E-state index in [2.05, 4.69) is 21.4 Å². The molecule has 0 fully saturated rings. The molecule has 2 aromatic carbocycles. The Labute approximate surface area is 174 Å². The SMILES string of the molecule is Cc1nccn1-c1ccc(CNC(=O)c2cccc3c4c([nH]c23)CCCC4)cc1F. The maximum absolute atomic E-state index is 14.6. The Morgan fingerprint density at radius 2 is 2.10 bits per heavy atom. The van der Waals surface area contributed by atoms with Gasteiger partial charge in [0, 0.05) is 30.0 Å². The number of benzene rings is 2. The number of para-hydroxylation sites is 1. The van der Waals surface area contributed by atoms with E-state index in [1.807, 2.05) is 25.1 Å². The summed E-state index contributed by atoms with van der Waals surface area (Å²) >= 11 is 0. The van der Waals surface area contributed by atoms with Crippen molar-refractivity contribution < 1.29 is 9.18 Å². The summed E-state index contributed by atoms with van der Waals surface area (Å²) in [6, 6.07) is 10.9. The minimum Gasteiger partial charge on any atom is -0.358 e. The van der Waals surface area contributed by atoms with Crippen LogP contribution in [0.25, 0.3) is 16.6 Å². The summed E-state index contributed by atoms with van der Waals surface area (Å²) in [6.07, 6.45) is 7.83. The molecule has 1 amide bonds. The molecule has 1 aliphatic rings. The van der Waals surface area contributed by atoms with Crippen molar-refractivity contribution in [3.8, 4) is 5.69 Å². The van der Waals surface area contributed by atoms with Gasteiger partial charge in [0.1, 0.15) is 11.6 Å². The molecule has 4 aromatic rings. The summed E-state index contributed by atoms with van der Waals surface area (Å²) in [5, 5.41) is 4.08. The van der Waals surface area contributed by atoms with Crippen LogP contribution < -0.4 is 5.32 Å². The van der Waals surface area contributed by atoms with Crippen molar-refractivity contribution in [2.45, 2.75) is 39.2 Å². The van der Waals surface area contributed by atoms with Crippen LogP contribution in [-0.2, 0) is 19.4 Å². The number of nitrogens with zero attached hydrogens (tertiary/aromatic N) is 2. The Morgan fingerprint density at radius 1 is 1.23 bits per heavy atom. The lowest BCUT2D eigenvalue weighted by molar-refractivity contribution is 0.0952. The molecule has 2 N–H and O–H groups in total. The van der Waals surface area contributed by atoms with Crippen LogP contribution in [0.2, 0.25) is 0 Å². The second kappa shape index (κ2) is 7.44. The lowest BCUT2D eigenvalue weighted by Gasteiger charge is -2.10. The van der Waals surface area contributed by atoms with Gasteiger partial charge in [-0.3, -0.25) is 4.79 Å².